The third-order valence-corrected chi connectivity index (χ3v) is 5.82. The number of ether oxygens (including phenoxy) is 1. The van der Waals surface area contributed by atoms with Crippen LogP contribution in [0.2, 0.25) is 0 Å². The number of rotatable bonds is 12. The van der Waals surface area contributed by atoms with Crippen molar-refractivity contribution in [1.29, 1.82) is 0 Å². The maximum atomic E-state index is 13.5. The monoisotopic (exact) mass is 473 g/mol. The minimum absolute atomic E-state index is 0.0429. The second kappa shape index (κ2) is 13.3. The van der Waals surface area contributed by atoms with Gasteiger partial charge in [0.15, 0.2) is 0 Å². The molecule has 0 aromatic heterocycles. The Morgan fingerprint density at radius 1 is 0.914 bits per heavy atom. The summed E-state index contributed by atoms with van der Waals surface area (Å²) in [7, 11) is 1.70. The molecule has 0 aliphatic heterocycles. The minimum Gasteiger partial charge on any atom is -0.380 e. The van der Waals surface area contributed by atoms with E-state index in [1.54, 1.807) is 31.4 Å². The third-order valence-electron chi connectivity index (χ3n) is 5.82. The van der Waals surface area contributed by atoms with Crippen LogP contribution >= 0.6 is 0 Å². The number of benzene rings is 3. The topological polar surface area (TPSA) is 70.7 Å². The van der Waals surface area contributed by atoms with Gasteiger partial charge in [-0.05, 0) is 43.2 Å². The van der Waals surface area contributed by atoms with Crippen LogP contribution in [0.5, 0.6) is 0 Å². The van der Waals surface area contributed by atoms with Gasteiger partial charge in [0.05, 0.1) is 17.5 Å². The SMILES string of the molecule is CCCN(CC(C)OC)c1ccccc1NC(=O)C(Cc1ccccc1)NC(=O)c1ccccc1. The molecule has 0 fully saturated rings. The van der Waals surface area contributed by atoms with Crippen LogP contribution in [0, 0.1) is 0 Å². The zero-order valence-corrected chi connectivity index (χ0v) is 20.7. The van der Waals surface area contributed by atoms with Crippen LogP contribution in [0.3, 0.4) is 0 Å². The van der Waals surface area contributed by atoms with Crippen molar-refractivity contribution in [2.45, 2.75) is 38.8 Å². The fourth-order valence-electron chi connectivity index (χ4n) is 3.93. The molecule has 3 aromatic carbocycles. The average molecular weight is 474 g/mol. The van der Waals surface area contributed by atoms with Gasteiger partial charge in [0, 0.05) is 32.2 Å². The summed E-state index contributed by atoms with van der Waals surface area (Å²) in [4.78, 5) is 28.7. The van der Waals surface area contributed by atoms with Gasteiger partial charge in [-0.2, -0.15) is 0 Å². The summed E-state index contributed by atoms with van der Waals surface area (Å²) in [6.07, 6.45) is 1.39. The van der Waals surface area contributed by atoms with Gasteiger partial charge < -0.3 is 20.3 Å². The zero-order valence-electron chi connectivity index (χ0n) is 20.7. The first-order valence-corrected chi connectivity index (χ1v) is 12.1. The van der Waals surface area contributed by atoms with Gasteiger partial charge in [-0.15, -0.1) is 0 Å². The molecule has 184 valence electrons. The molecule has 6 heteroatoms. The Morgan fingerprint density at radius 3 is 2.20 bits per heavy atom. The standard InChI is InChI=1S/C29H35N3O3/c1-4-19-32(21-22(2)35-3)27-18-12-11-17-25(27)30-29(34)26(20-23-13-7-5-8-14-23)31-28(33)24-15-9-6-10-16-24/h5-18,22,26H,4,19-21H2,1-3H3,(H,30,34)(H,31,33). The van der Waals surface area contributed by atoms with Crippen LogP contribution in [0.4, 0.5) is 11.4 Å². The van der Waals surface area contributed by atoms with Gasteiger partial charge in [0.25, 0.3) is 5.91 Å². The van der Waals surface area contributed by atoms with Crippen molar-refractivity contribution in [3.8, 4) is 0 Å². The first kappa shape index (κ1) is 26.0. The lowest BCUT2D eigenvalue weighted by atomic mass is 10.0. The smallest absolute Gasteiger partial charge is 0.251 e. The second-order valence-corrected chi connectivity index (χ2v) is 8.58. The molecule has 6 nitrogen and oxygen atoms in total. The summed E-state index contributed by atoms with van der Waals surface area (Å²) < 4.78 is 5.48. The Hall–Kier alpha value is -3.64. The minimum atomic E-state index is -0.740. The summed E-state index contributed by atoms with van der Waals surface area (Å²) in [6.45, 7) is 5.69. The highest BCUT2D eigenvalue weighted by atomic mass is 16.5. The summed E-state index contributed by atoms with van der Waals surface area (Å²) in [6, 6.07) is 25.7. The van der Waals surface area contributed by atoms with E-state index in [2.05, 4.69) is 22.5 Å². The number of methoxy groups -OCH3 is 1. The third kappa shape index (κ3) is 7.69. The Balaban J connectivity index is 1.84. The quantitative estimate of drug-likeness (QED) is 0.392. The maximum Gasteiger partial charge on any atom is 0.251 e. The summed E-state index contributed by atoms with van der Waals surface area (Å²) in [5, 5.41) is 6.01. The molecule has 0 bridgehead atoms. The summed E-state index contributed by atoms with van der Waals surface area (Å²) >= 11 is 0. The van der Waals surface area contributed by atoms with Crippen molar-refractivity contribution in [2.75, 3.05) is 30.4 Å². The van der Waals surface area contributed by atoms with Gasteiger partial charge in [0.1, 0.15) is 6.04 Å². The lowest BCUT2D eigenvalue weighted by Gasteiger charge is -2.29. The van der Waals surface area contributed by atoms with Gasteiger partial charge in [-0.1, -0.05) is 67.6 Å². The van der Waals surface area contributed by atoms with E-state index in [4.69, 9.17) is 4.74 Å². The highest BCUT2D eigenvalue weighted by molar-refractivity contribution is 6.02. The first-order chi connectivity index (χ1) is 17.0. The predicted octanol–water partition coefficient (Wildman–Crippen LogP) is 4.92. The van der Waals surface area contributed by atoms with Crippen LogP contribution < -0.4 is 15.5 Å². The molecule has 0 aliphatic rings. The highest BCUT2D eigenvalue weighted by Gasteiger charge is 2.24. The number of nitrogens with zero attached hydrogens (tertiary/aromatic N) is 1. The van der Waals surface area contributed by atoms with Gasteiger partial charge in [-0.25, -0.2) is 0 Å². The van der Waals surface area contributed by atoms with E-state index >= 15 is 0 Å². The van der Waals surface area contributed by atoms with Crippen molar-refractivity contribution < 1.29 is 14.3 Å². The van der Waals surface area contributed by atoms with Crippen molar-refractivity contribution in [1.82, 2.24) is 5.32 Å². The predicted molar refractivity (Wildman–Crippen MR) is 142 cm³/mol. The molecule has 0 spiro atoms. The number of anilines is 2. The largest absolute Gasteiger partial charge is 0.380 e. The summed E-state index contributed by atoms with van der Waals surface area (Å²) in [5.74, 6) is -0.543. The highest BCUT2D eigenvalue weighted by Crippen LogP contribution is 2.27. The second-order valence-electron chi connectivity index (χ2n) is 8.58. The molecular formula is C29H35N3O3. The molecule has 35 heavy (non-hydrogen) atoms. The van der Waals surface area contributed by atoms with E-state index in [0.717, 1.165) is 24.2 Å². The lowest BCUT2D eigenvalue weighted by Crippen LogP contribution is -2.45. The molecule has 3 rings (SSSR count). The van der Waals surface area contributed by atoms with Crippen LogP contribution in [0.1, 0.15) is 36.2 Å². The number of carbonyl (C=O) groups is 2. The van der Waals surface area contributed by atoms with Crippen LogP contribution in [0.25, 0.3) is 0 Å². The molecule has 2 N–H and O–H groups in total. The number of hydrogen-bond donors (Lipinski definition) is 2. The number of nitrogens with one attached hydrogen (secondary N) is 2. The Kier molecular flexibility index (Phi) is 9.87. The zero-order chi connectivity index (χ0) is 25.0. The maximum absolute atomic E-state index is 13.5. The van der Waals surface area contributed by atoms with Crippen LogP contribution in [-0.4, -0.2) is 44.2 Å². The molecule has 2 atom stereocenters. The number of carbonyl (C=O) groups excluding carboxylic acids is 2. The Morgan fingerprint density at radius 2 is 1.54 bits per heavy atom. The molecule has 3 aromatic rings. The van der Waals surface area contributed by atoms with Gasteiger partial charge in [0.2, 0.25) is 5.91 Å². The Labute approximate surface area is 208 Å². The van der Waals surface area contributed by atoms with E-state index < -0.39 is 6.04 Å². The van der Waals surface area contributed by atoms with Crippen LogP contribution in [-0.2, 0) is 16.0 Å². The van der Waals surface area contributed by atoms with E-state index in [9.17, 15) is 9.59 Å². The number of para-hydroxylation sites is 2. The summed E-state index contributed by atoms with van der Waals surface area (Å²) in [5.41, 5.74) is 3.12. The van der Waals surface area contributed by atoms with Gasteiger partial charge >= 0.3 is 0 Å². The number of hydrogen-bond acceptors (Lipinski definition) is 4. The molecule has 0 radical (unpaired) electrons. The lowest BCUT2D eigenvalue weighted by molar-refractivity contribution is -0.118. The Bertz CT molecular complexity index is 1070. The number of amides is 2. The molecule has 2 amide bonds. The fourth-order valence-corrected chi connectivity index (χ4v) is 3.93. The van der Waals surface area contributed by atoms with Crippen molar-refractivity contribution in [3.63, 3.8) is 0 Å². The van der Waals surface area contributed by atoms with E-state index in [1.165, 1.54) is 0 Å². The van der Waals surface area contributed by atoms with Crippen molar-refractivity contribution >= 4 is 23.2 Å². The molecular weight excluding hydrogens is 438 g/mol. The van der Waals surface area contributed by atoms with Gasteiger partial charge in [-0.3, -0.25) is 9.59 Å². The molecule has 0 aliphatic carbocycles. The average Bonchev–Trinajstić information content (AvgIpc) is 2.89. The molecule has 0 saturated carbocycles. The molecule has 0 heterocycles. The normalized spacial score (nSPS) is 12.4. The van der Waals surface area contributed by atoms with E-state index in [-0.39, 0.29) is 17.9 Å². The fraction of sp³-hybridized carbons (Fsp3) is 0.310. The molecule has 0 saturated heterocycles. The van der Waals surface area contributed by atoms with E-state index in [1.807, 2.05) is 67.6 Å². The van der Waals surface area contributed by atoms with Crippen molar-refractivity contribution in [2.24, 2.45) is 0 Å². The molecule has 2 unspecified atom stereocenters. The van der Waals surface area contributed by atoms with Crippen molar-refractivity contribution in [3.05, 3.63) is 96.1 Å². The van der Waals surface area contributed by atoms with E-state index in [0.29, 0.717) is 24.2 Å². The van der Waals surface area contributed by atoms with Crippen LogP contribution in [0.15, 0.2) is 84.9 Å². The first-order valence-electron chi connectivity index (χ1n) is 12.1.